The number of nitrogens with zero attached hydrogens (tertiary/aromatic N) is 3. The zero-order chi connectivity index (χ0) is 14.7. The predicted molar refractivity (Wildman–Crippen MR) is 81.2 cm³/mol. The van der Waals surface area contributed by atoms with Crippen molar-refractivity contribution in [1.29, 1.82) is 0 Å². The topological polar surface area (TPSA) is 59.9 Å². The molecule has 0 saturated heterocycles. The largest absolute Gasteiger partial charge is 0.495 e. The number of nitrogens with one attached hydrogen (secondary N) is 1. The first kappa shape index (κ1) is 13.5. The first-order valence-electron chi connectivity index (χ1n) is 6.69. The van der Waals surface area contributed by atoms with Crippen LogP contribution in [0.4, 0.5) is 0 Å². The fourth-order valence-corrected chi connectivity index (χ4v) is 2.45. The average Bonchev–Trinajstić information content (AvgIpc) is 2.56. The van der Waals surface area contributed by atoms with E-state index in [9.17, 15) is 0 Å². The van der Waals surface area contributed by atoms with Crippen molar-refractivity contribution in [1.82, 2.24) is 20.3 Å². The number of hydrogen-bond donors (Lipinski definition) is 1. The van der Waals surface area contributed by atoms with E-state index in [4.69, 9.17) is 4.74 Å². The summed E-state index contributed by atoms with van der Waals surface area (Å²) in [6.07, 6.45) is 6.94. The third-order valence-electron chi connectivity index (χ3n) is 3.43. The number of pyridine rings is 1. The summed E-state index contributed by atoms with van der Waals surface area (Å²) in [6.45, 7) is 0. The lowest BCUT2D eigenvalue weighted by atomic mass is 9.98. The normalized spacial score (nSPS) is 12.3. The molecular formula is C16H16N4O. The molecule has 1 N–H and O–H groups in total. The number of rotatable bonds is 4. The average molecular weight is 280 g/mol. The lowest BCUT2D eigenvalue weighted by molar-refractivity contribution is 0.411. The summed E-state index contributed by atoms with van der Waals surface area (Å²) in [5.74, 6) is 0.735. The van der Waals surface area contributed by atoms with Gasteiger partial charge in [-0.3, -0.25) is 15.0 Å². The maximum atomic E-state index is 5.25. The Morgan fingerprint density at radius 1 is 1.14 bits per heavy atom. The van der Waals surface area contributed by atoms with Crippen LogP contribution in [-0.4, -0.2) is 29.1 Å². The molecule has 1 aromatic carbocycles. The van der Waals surface area contributed by atoms with Crippen LogP contribution in [0.25, 0.3) is 11.0 Å². The van der Waals surface area contributed by atoms with Crippen LogP contribution in [0.1, 0.15) is 17.2 Å². The number of para-hydroxylation sites is 1. The van der Waals surface area contributed by atoms with Crippen molar-refractivity contribution in [2.45, 2.75) is 6.04 Å². The molecule has 0 amide bonds. The van der Waals surface area contributed by atoms with Crippen LogP contribution in [0.2, 0.25) is 0 Å². The highest BCUT2D eigenvalue weighted by Gasteiger charge is 2.16. The summed E-state index contributed by atoms with van der Waals surface area (Å²) < 4.78 is 5.25. The van der Waals surface area contributed by atoms with E-state index in [1.165, 1.54) is 0 Å². The summed E-state index contributed by atoms with van der Waals surface area (Å²) in [4.78, 5) is 13.0. The Kier molecular flexibility index (Phi) is 3.75. The van der Waals surface area contributed by atoms with E-state index in [1.807, 2.05) is 31.4 Å². The number of methoxy groups -OCH3 is 1. The van der Waals surface area contributed by atoms with Gasteiger partial charge in [-0.25, -0.2) is 0 Å². The third kappa shape index (κ3) is 2.55. The number of aromatic nitrogens is 3. The smallest absolute Gasteiger partial charge is 0.137 e. The molecule has 0 radical (unpaired) electrons. The van der Waals surface area contributed by atoms with Gasteiger partial charge in [-0.1, -0.05) is 12.1 Å². The van der Waals surface area contributed by atoms with Crippen LogP contribution in [0.3, 0.4) is 0 Å². The number of hydrogen-bond acceptors (Lipinski definition) is 5. The molecule has 106 valence electrons. The summed E-state index contributed by atoms with van der Waals surface area (Å²) in [7, 11) is 3.55. The number of ether oxygens (including phenoxy) is 1. The van der Waals surface area contributed by atoms with Crippen LogP contribution in [0, 0.1) is 0 Å². The lowest BCUT2D eigenvalue weighted by Gasteiger charge is -2.18. The molecule has 0 bridgehead atoms. The molecule has 21 heavy (non-hydrogen) atoms. The Hall–Kier alpha value is -2.53. The zero-order valence-electron chi connectivity index (χ0n) is 11.9. The molecule has 0 saturated carbocycles. The number of fused-ring (bicyclic) bond motifs is 1. The molecule has 5 heteroatoms. The van der Waals surface area contributed by atoms with Gasteiger partial charge in [-0.15, -0.1) is 0 Å². The van der Waals surface area contributed by atoms with E-state index in [1.54, 1.807) is 25.7 Å². The van der Waals surface area contributed by atoms with Crippen molar-refractivity contribution in [2.75, 3.05) is 14.2 Å². The molecule has 3 aromatic rings. The molecule has 1 atom stereocenters. The molecule has 2 heterocycles. The van der Waals surface area contributed by atoms with Crippen molar-refractivity contribution in [3.63, 3.8) is 0 Å². The molecule has 3 rings (SSSR count). The Balaban J connectivity index is 2.13. The maximum absolute atomic E-state index is 5.25. The summed E-state index contributed by atoms with van der Waals surface area (Å²) in [6, 6.07) is 7.96. The molecule has 5 nitrogen and oxygen atoms in total. The monoisotopic (exact) mass is 280 g/mol. The third-order valence-corrected chi connectivity index (χ3v) is 3.43. The second-order valence-corrected chi connectivity index (χ2v) is 4.65. The van der Waals surface area contributed by atoms with E-state index in [-0.39, 0.29) is 6.04 Å². The van der Waals surface area contributed by atoms with E-state index in [0.29, 0.717) is 0 Å². The maximum Gasteiger partial charge on any atom is 0.137 e. The highest BCUT2D eigenvalue weighted by molar-refractivity contribution is 5.78. The molecule has 0 spiro atoms. The first-order chi connectivity index (χ1) is 10.3. The second-order valence-electron chi connectivity index (χ2n) is 4.65. The van der Waals surface area contributed by atoms with Crippen LogP contribution in [-0.2, 0) is 0 Å². The SMILES string of the molecule is CNC(c1cncc(OC)c1)c1cccc2nccnc12. The van der Waals surface area contributed by atoms with Crippen LogP contribution in [0.5, 0.6) is 5.75 Å². The van der Waals surface area contributed by atoms with Gasteiger partial charge < -0.3 is 10.1 Å². The van der Waals surface area contributed by atoms with Crippen LogP contribution < -0.4 is 10.1 Å². The minimum atomic E-state index is -0.0204. The quantitative estimate of drug-likeness (QED) is 0.795. The molecule has 0 aliphatic heterocycles. The molecule has 1 unspecified atom stereocenters. The van der Waals surface area contributed by atoms with E-state index in [0.717, 1.165) is 27.9 Å². The second kappa shape index (κ2) is 5.85. The highest BCUT2D eigenvalue weighted by Crippen LogP contribution is 2.27. The fraction of sp³-hybridized carbons (Fsp3) is 0.188. The van der Waals surface area contributed by atoms with Gasteiger partial charge in [-0.2, -0.15) is 0 Å². The van der Waals surface area contributed by atoms with Gasteiger partial charge in [0.15, 0.2) is 0 Å². The van der Waals surface area contributed by atoms with Crippen molar-refractivity contribution in [3.8, 4) is 5.75 Å². The number of benzene rings is 1. The summed E-state index contributed by atoms with van der Waals surface area (Å²) >= 11 is 0. The van der Waals surface area contributed by atoms with Crippen LogP contribution in [0.15, 0.2) is 49.1 Å². The van der Waals surface area contributed by atoms with Crippen molar-refractivity contribution < 1.29 is 4.74 Å². The Morgan fingerprint density at radius 2 is 2.00 bits per heavy atom. The van der Waals surface area contributed by atoms with Gasteiger partial charge in [0.25, 0.3) is 0 Å². The van der Waals surface area contributed by atoms with Gasteiger partial charge in [0.1, 0.15) is 5.75 Å². The van der Waals surface area contributed by atoms with Gasteiger partial charge >= 0.3 is 0 Å². The minimum absolute atomic E-state index is 0.0204. The van der Waals surface area contributed by atoms with Crippen molar-refractivity contribution >= 4 is 11.0 Å². The Bertz CT molecular complexity index is 755. The molecule has 0 fully saturated rings. The van der Waals surface area contributed by atoms with Crippen LogP contribution >= 0.6 is 0 Å². The van der Waals surface area contributed by atoms with Gasteiger partial charge in [-0.05, 0) is 24.7 Å². The first-order valence-corrected chi connectivity index (χ1v) is 6.69. The highest BCUT2D eigenvalue weighted by atomic mass is 16.5. The summed E-state index contributed by atoms with van der Waals surface area (Å²) in [5, 5.41) is 3.31. The van der Waals surface area contributed by atoms with Gasteiger partial charge in [0.2, 0.25) is 0 Å². The van der Waals surface area contributed by atoms with Gasteiger partial charge in [0, 0.05) is 24.2 Å². The molecular weight excluding hydrogens is 264 g/mol. The summed E-state index contributed by atoms with van der Waals surface area (Å²) in [5.41, 5.74) is 3.86. The predicted octanol–water partition coefficient (Wildman–Crippen LogP) is 2.34. The lowest BCUT2D eigenvalue weighted by Crippen LogP contribution is -2.18. The van der Waals surface area contributed by atoms with E-state index in [2.05, 4.69) is 26.3 Å². The van der Waals surface area contributed by atoms with Crippen molar-refractivity contribution in [3.05, 3.63) is 60.2 Å². The fourth-order valence-electron chi connectivity index (χ4n) is 2.45. The van der Waals surface area contributed by atoms with E-state index < -0.39 is 0 Å². The van der Waals surface area contributed by atoms with Gasteiger partial charge in [0.05, 0.1) is 30.4 Å². The Morgan fingerprint density at radius 3 is 2.81 bits per heavy atom. The molecule has 0 aliphatic carbocycles. The van der Waals surface area contributed by atoms with Crippen molar-refractivity contribution in [2.24, 2.45) is 0 Å². The zero-order valence-corrected chi connectivity index (χ0v) is 11.9. The molecule has 0 aliphatic rings. The standard InChI is InChI=1S/C16H16N4O/c1-17-15(11-8-12(21-2)10-18-9-11)13-4-3-5-14-16(13)20-7-6-19-14/h3-10,15,17H,1-2H3. The van der Waals surface area contributed by atoms with E-state index >= 15 is 0 Å². The Labute approximate surface area is 123 Å². The molecule has 2 aromatic heterocycles. The minimum Gasteiger partial charge on any atom is -0.495 e.